The van der Waals surface area contributed by atoms with Gasteiger partial charge in [0.1, 0.15) is 11.6 Å². The zero-order chi connectivity index (χ0) is 33.2. The molecule has 0 bridgehead atoms. The Balaban J connectivity index is 1.38. The number of phosphoric ester groups is 1. The standard InChI is InChI=1S/C34H40F2N5O4P/c1-20(2)24-15-22(11-13-26(24)35)28-18-41-29(16-37-28)38-31(21-9-10-21)32(41)23-12-14-27-25(30(23)36)17-40(39-27)19-43-46(42,44-33(3,4)5)45-34(6,7)8/h11-18,20-21H,9-10,19H2,1-8H3. The minimum Gasteiger partial charge on any atom is -0.296 e. The molecule has 0 amide bonds. The lowest BCUT2D eigenvalue weighted by Crippen LogP contribution is -2.25. The van der Waals surface area contributed by atoms with Gasteiger partial charge in [0, 0.05) is 29.4 Å². The molecule has 3 heterocycles. The molecule has 0 aliphatic heterocycles. The van der Waals surface area contributed by atoms with Gasteiger partial charge < -0.3 is 0 Å². The highest BCUT2D eigenvalue weighted by Gasteiger charge is 2.37. The average Bonchev–Trinajstić information content (AvgIpc) is 3.59. The van der Waals surface area contributed by atoms with E-state index in [9.17, 15) is 8.96 Å². The van der Waals surface area contributed by atoms with Crippen molar-refractivity contribution in [3.63, 3.8) is 0 Å². The van der Waals surface area contributed by atoms with Gasteiger partial charge in [0.25, 0.3) is 0 Å². The maximum absolute atomic E-state index is 16.5. The van der Waals surface area contributed by atoms with Gasteiger partial charge in [0.15, 0.2) is 12.4 Å². The smallest absolute Gasteiger partial charge is 0.296 e. The Hall–Kier alpha value is -3.50. The summed E-state index contributed by atoms with van der Waals surface area (Å²) in [7, 11) is -4.00. The van der Waals surface area contributed by atoms with E-state index in [1.54, 1.807) is 65.9 Å². The van der Waals surface area contributed by atoms with Gasteiger partial charge >= 0.3 is 7.82 Å². The molecule has 0 spiro atoms. The van der Waals surface area contributed by atoms with Crippen LogP contribution in [0.5, 0.6) is 0 Å². The number of hydrogen-bond acceptors (Lipinski definition) is 7. The van der Waals surface area contributed by atoms with Crippen molar-refractivity contribution in [2.75, 3.05) is 0 Å². The second-order valence-corrected chi connectivity index (χ2v) is 15.7. The first kappa shape index (κ1) is 32.4. The highest BCUT2D eigenvalue weighted by Crippen LogP contribution is 2.55. The monoisotopic (exact) mass is 651 g/mol. The Morgan fingerprint density at radius 1 is 1.00 bits per heavy atom. The van der Waals surface area contributed by atoms with Gasteiger partial charge in [-0.05, 0) is 96.2 Å². The second kappa shape index (κ2) is 11.6. The van der Waals surface area contributed by atoms with E-state index in [1.165, 1.54) is 16.9 Å². The van der Waals surface area contributed by atoms with E-state index in [0.29, 0.717) is 33.7 Å². The molecule has 0 saturated heterocycles. The van der Waals surface area contributed by atoms with Crippen LogP contribution in [-0.2, 0) is 24.9 Å². The van der Waals surface area contributed by atoms with E-state index in [2.05, 4.69) is 10.1 Å². The minimum atomic E-state index is -4.00. The van der Waals surface area contributed by atoms with Crippen LogP contribution in [0.3, 0.4) is 0 Å². The van der Waals surface area contributed by atoms with Crippen molar-refractivity contribution in [1.82, 2.24) is 24.1 Å². The van der Waals surface area contributed by atoms with Crippen LogP contribution in [0.2, 0.25) is 0 Å². The first-order valence-corrected chi connectivity index (χ1v) is 17.0. The molecule has 0 radical (unpaired) electrons. The number of aromatic nitrogens is 5. The number of benzene rings is 2. The van der Waals surface area contributed by atoms with Crippen molar-refractivity contribution in [2.24, 2.45) is 0 Å². The summed E-state index contributed by atoms with van der Waals surface area (Å²) in [6.07, 6.45) is 6.97. The van der Waals surface area contributed by atoms with Gasteiger partial charge in [-0.25, -0.2) is 23.0 Å². The van der Waals surface area contributed by atoms with Crippen LogP contribution in [-0.4, -0.2) is 35.4 Å². The second-order valence-electron chi connectivity index (χ2n) is 14.2. The van der Waals surface area contributed by atoms with Gasteiger partial charge in [0.05, 0.1) is 45.4 Å². The summed E-state index contributed by atoms with van der Waals surface area (Å²) in [4.78, 5) is 9.49. The predicted molar refractivity (Wildman–Crippen MR) is 173 cm³/mol. The molecule has 244 valence electrons. The summed E-state index contributed by atoms with van der Waals surface area (Å²) in [6.45, 7) is 14.1. The summed E-state index contributed by atoms with van der Waals surface area (Å²) in [5.41, 5.74) is 3.24. The average molecular weight is 652 g/mol. The first-order chi connectivity index (χ1) is 21.5. The molecule has 6 rings (SSSR count). The molecule has 1 saturated carbocycles. The molecule has 0 atom stereocenters. The number of fused-ring (bicyclic) bond motifs is 2. The molecular weight excluding hydrogens is 611 g/mol. The van der Waals surface area contributed by atoms with Crippen LogP contribution < -0.4 is 0 Å². The molecule has 2 aromatic carbocycles. The Bertz CT molecular complexity index is 1970. The number of rotatable bonds is 9. The van der Waals surface area contributed by atoms with Crippen LogP contribution in [0, 0.1) is 11.6 Å². The molecule has 9 nitrogen and oxygen atoms in total. The number of hydrogen-bond donors (Lipinski definition) is 0. The zero-order valence-corrected chi connectivity index (χ0v) is 28.4. The molecule has 1 fully saturated rings. The molecule has 12 heteroatoms. The number of halogens is 2. The van der Waals surface area contributed by atoms with Crippen molar-refractivity contribution in [3.05, 3.63) is 71.8 Å². The molecule has 0 unspecified atom stereocenters. The van der Waals surface area contributed by atoms with Crippen molar-refractivity contribution in [3.8, 4) is 22.5 Å². The Kier molecular flexibility index (Phi) is 8.20. The largest absolute Gasteiger partial charge is 0.477 e. The molecule has 46 heavy (non-hydrogen) atoms. The van der Waals surface area contributed by atoms with Crippen LogP contribution in [0.4, 0.5) is 8.78 Å². The van der Waals surface area contributed by atoms with E-state index in [0.717, 1.165) is 24.1 Å². The Labute approximate surface area is 267 Å². The third kappa shape index (κ3) is 6.79. The Morgan fingerprint density at radius 2 is 1.70 bits per heavy atom. The lowest BCUT2D eigenvalue weighted by atomic mass is 9.99. The van der Waals surface area contributed by atoms with Gasteiger partial charge in [-0.2, -0.15) is 5.10 Å². The third-order valence-corrected chi connectivity index (χ3v) is 9.43. The fourth-order valence-electron chi connectivity index (χ4n) is 5.41. The molecule has 1 aliphatic carbocycles. The number of phosphoric acid groups is 1. The molecule has 1 aliphatic rings. The van der Waals surface area contributed by atoms with E-state index < -0.39 is 24.8 Å². The van der Waals surface area contributed by atoms with Crippen LogP contribution in [0.1, 0.15) is 91.3 Å². The Morgan fingerprint density at radius 3 is 2.33 bits per heavy atom. The van der Waals surface area contributed by atoms with Gasteiger partial charge in [-0.3, -0.25) is 23.0 Å². The highest BCUT2D eigenvalue weighted by atomic mass is 31.2. The van der Waals surface area contributed by atoms with E-state index in [4.69, 9.17) is 18.6 Å². The molecule has 0 N–H and O–H groups in total. The lowest BCUT2D eigenvalue weighted by molar-refractivity contribution is -0.00750. The highest BCUT2D eigenvalue weighted by molar-refractivity contribution is 7.48. The number of imidazole rings is 1. The minimum absolute atomic E-state index is 0.00469. The van der Waals surface area contributed by atoms with Crippen molar-refractivity contribution in [2.45, 2.75) is 98.0 Å². The van der Waals surface area contributed by atoms with E-state index >= 15 is 4.39 Å². The summed E-state index contributed by atoms with van der Waals surface area (Å²) >= 11 is 0. The third-order valence-electron chi connectivity index (χ3n) is 7.46. The number of nitrogens with zero attached hydrogens (tertiary/aromatic N) is 5. The normalized spacial score (nSPS) is 14.7. The van der Waals surface area contributed by atoms with E-state index in [-0.39, 0.29) is 29.8 Å². The van der Waals surface area contributed by atoms with E-state index in [1.807, 2.05) is 30.5 Å². The summed E-state index contributed by atoms with van der Waals surface area (Å²) in [5.74, 6) is -0.491. The fourth-order valence-corrected chi connectivity index (χ4v) is 7.15. The van der Waals surface area contributed by atoms with Gasteiger partial charge in [-0.15, -0.1) is 0 Å². The van der Waals surface area contributed by atoms with Gasteiger partial charge in [-0.1, -0.05) is 13.8 Å². The van der Waals surface area contributed by atoms with Crippen molar-refractivity contribution in [1.29, 1.82) is 0 Å². The summed E-state index contributed by atoms with van der Waals surface area (Å²) < 4.78 is 64.8. The maximum atomic E-state index is 16.5. The summed E-state index contributed by atoms with van der Waals surface area (Å²) in [5, 5.41) is 4.74. The lowest BCUT2D eigenvalue weighted by Gasteiger charge is -2.30. The first-order valence-electron chi connectivity index (χ1n) is 15.5. The topological polar surface area (TPSA) is 92.8 Å². The summed E-state index contributed by atoms with van der Waals surface area (Å²) in [6, 6.07) is 8.42. The SMILES string of the molecule is CC(C)c1cc(-c2cn3c(-c4ccc5nn(COP(=O)(OC(C)(C)C)OC(C)(C)C)cc5c4F)c(C4CC4)nc3cn2)ccc1F. The molecular formula is C34H40F2N5O4P. The van der Waals surface area contributed by atoms with Gasteiger partial charge in [0.2, 0.25) is 0 Å². The fraction of sp³-hybridized carbons (Fsp3) is 0.441. The quantitative estimate of drug-likeness (QED) is 0.147. The van der Waals surface area contributed by atoms with Crippen molar-refractivity contribution < 1.29 is 26.9 Å². The zero-order valence-electron chi connectivity index (χ0n) is 27.5. The van der Waals surface area contributed by atoms with Crippen LogP contribution >= 0.6 is 7.82 Å². The van der Waals surface area contributed by atoms with Crippen LogP contribution in [0.25, 0.3) is 39.1 Å². The van der Waals surface area contributed by atoms with Crippen molar-refractivity contribution >= 4 is 24.4 Å². The van der Waals surface area contributed by atoms with Crippen LogP contribution in [0.15, 0.2) is 48.9 Å². The molecule has 3 aromatic heterocycles. The molecule has 5 aromatic rings. The maximum Gasteiger partial charge on any atom is 0.477 e. The predicted octanol–water partition coefficient (Wildman–Crippen LogP) is 9.40.